The van der Waals surface area contributed by atoms with Crippen molar-refractivity contribution < 1.29 is 19.4 Å². The van der Waals surface area contributed by atoms with Crippen molar-refractivity contribution in [2.24, 2.45) is 5.73 Å². The number of carbonyl (C=O) groups is 2. The van der Waals surface area contributed by atoms with Crippen LogP contribution >= 0.6 is 0 Å². The number of nitrogens with two attached hydrogens (primary N) is 1. The van der Waals surface area contributed by atoms with Crippen LogP contribution in [-0.4, -0.2) is 36.4 Å². The van der Waals surface area contributed by atoms with Crippen molar-refractivity contribution in [3.8, 4) is 0 Å². The lowest BCUT2D eigenvalue weighted by atomic mass is 10.1. The highest BCUT2D eigenvalue weighted by molar-refractivity contribution is 5.72. The molecule has 6 heteroatoms. The predicted molar refractivity (Wildman–Crippen MR) is 77.4 cm³/mol. The first-order valence-electron chi connectivity index (χ1n) is 6.74. The van der Waals surface area contributed by atoms with Crippen molar-refractivity contribution in [1.29, 1.82) is 0 Å². The van der Waals surface area contributed by atoms with Gasteiger partial charge in [0, 0.05) is 6.54 Å². The number of rotatable bonds is 10. The van der Waals surface area contributed by atoms with Gasteiger partial charge in [-0.05, 0) is 32.6 Å². The summed E-state index contributed by atoms with van der Waals surface area (Å²) in [6, 6.07) is -0.828. The highest BCUT2D eigenvalue weighted by atomic mass is 16.5. The summed E-state index contributed by atoms with van der Waals surface area (Å²) in [5.74, 6) is -0.997. The smallest absolute Gasteiger partial charge is 0.407 e. The number of hydrogen-bond acceptors (Lipinski definition) is 4. The molecule has 0 bridgehead atoms. The summed E-state index contributed by atoms with van der Waals surface area (Å²) in [5, 5.41) is 11.2. The lowest BCUT2D eigenvalue weighted by molar-refractivity contribution is -0.138. The van der Waals surface area contributed by atoms with Crippen LogP contribution in [0.25, 0.3) is 0 Å². The lowest BCUT2D eigenvalue weighted by Gasteiger charge is -2.07. The van der Waals surface area contributed by atoms with Crippen molar-refractivity contribution in [2.75, 3.05) is 13.2 Å². The first kappa shape index (κ1) is 18.2. The number of hydrogen-bond donors (Lipinski definition) is 3. The van der Waals surface area contributed by atoms with Crippen LogP contribution in [0.4, 0.5) is 4.79 Å². The molecule has 0 aromatic heterocycles. The quantitative estimate of drug-likeness (QED) is 0.419. The maximum absolute atomic E-state index is 11.2. The monoisotopic (exact) mass is 284 g/mol. The van der Waals surface area contributed by atoms with Crippen LogP contribution in [-0.2, 0) is 9.53 Å². The van der Waals surface area contributed by atoms with E-state index in [4.69, 9.17) is 15.6 Å². The van der Waals surface area contributed by atoms with Gasteiger partial charge < -0.3 is 20.9 Å². The normalized spacial score (nSPS) is 12.7. The largest absolute Gasteiger partial charge is 0.480 e. The average Bonchev–Trinajstić information content (AvgIpc) is 2.41. The highest BCUT2D eigenvalue weighted by Crippen LogP contribution is 1.98. The van der Waals surface area contributed by atoms with E-state index in [2.05, 4.69) is 5.32 Å². The molecule has 0 fully saturated rings. The van der Waals surface area contributed by atoms with Crippen LogP contribution in [0.3, 0.4) is 0 Å². The number of amides is 1. The van der Waals surface area contributed by atoms with E-state index in [0.717, 1.165) is 0 Å². The Balaban J connectivity index is 3.43. The number of carboxylic acids is 1. The molecule has 20 heavy (non-hydrogen) atoms. The van der Waals surface area contributed by atoms with Gasteiger partial charge in [0.25, 0.3) is 0 Å². The minimum Gasteiger partial charge on any atom is -0.480 e. The van der Waals surface area contributed by atoms with Crippen LogP contribution in [0, 0.1) is 0 Å². The zero-order valence-electron chi connectivity index (χ0n) is 11.9. The Morgan fingerprint density at radius 1 is 1.35 bits per heavy atom. The number of allylic oxidation sites excluding steroid dienone is 3. The third-order valence-corrected chi connectivity index (χ3v) is 2.49. The fourth-order valence-corrected chi connectivity index (χ4v) is 1.36. The molecule has 0 aliphatic heterocycles. The molecule has 4 N–H and O–H groups in total. The molecular weight excluding hydrogens is 260 g/mol. The zero-order valence-corrected chi connectivity index (χ0v) is 11.9. The van der Waals surface area contributed by atoms with Crippen LogP contribution in [0.15, 0.2) is 24.3 Å². The molecule has 114 valence electrons. The minimum atomic E-state index is -0.997. The number of unbranched alkanes of at least 4 members (excludes halogenated alkanes) is 1. The van der Waals surface area contributed by atoms with Crippen molar-refractivity contribution in [3.05, 3.63) is 24.3 Å². The molecule has 0 rings (SSSR count). The molecule has 1 amide bonds. The molecule has 1 atom stereocenters. The highest BCUT2D eigenvalue weighted by Gasteiger charge is 2.10. The van der Waals surface area contributed by atoms with Crippen LogP contribution in [0.1, 0.15) is 32.6 Å². The van der Waals surface area contributed by atoms with Gasteiger partial charge in [-0.3, -0.25) is 4.79 Å². The molecule has 6 nitrogen and oxygen atoms in total. The van der Waals surface area contributed by atoms with Gasteiger partial charge in [-0.15, -0.1) is 0 Å². The van der Waals surface area contributed by atoms with Crippen molar-refractivity contribution >= 4 is 12.1 Å². The van der Waals surface area contributed by atoms with E-state index in [9.17, 15) is 9.59 Å². The summed E-state index contributed by atoms with van der Waals surface area (Å²) in [5.41, 5.74) is 5.35. The summed E-state index contributed by atoms with van der Waals surface area (Å²) >= 11 is 0. The first-order chi connectivity index (χ1) is 9.57. The number of aliphatic carboxylic acids is 1. The van der Waals surface area contributed by atoms with Gasteiger partial charge in [0.05, 0.1) is 6.61 Å². The number of carboxylic acid groups (broad SMARTS) is 1. The van der Waals surface area contributed by atoms with E-state index in [1.54, 1.807) is 0 Å². The summed E-state index contributed by atoms with van der Waals surface area (Å²) in [6.45, 7) is 2.72. The second-order valence-electron chi connectivity index (χ2n) is 4.25. The second kappa shape index (κ2) is 12.2. The maximum Gasteiger partial charge on any atom is 0.407 e. The van der Waals surface area contributed by atoms with Crippen molar-refractivity contribution in [1.82, 2.24) is 5.32 Å². The first-order valence-corrected chi connectivity index (χ1v) is 6.74. The maximum atomic E-state index is 11.2. The molecule has 0 aliphatic carbocycles. The van der Waals surface area contributed by atoms with E-state index in [0.29, 0.717) is 38.8 Å². The third-order valence-electron chi connectivity index (χ3n) is 2.49. The molecule has 0 radical (unpaired) electrons. The Morgan fingerprint density at radius 2 is 2.10 bits per heavy atom. The van der Waals surface area contributed by atoms with Gasteiger partial charge in [-0.25, -0.2) is 4.79 Å². The average molecular weight is 284 g/mol. The summed E-state index contributed by atoms with van der Waals surface area (Å²) in [7, 11) is 0. The number of nitrogens with one attached hydrogen (secondary N) is 1. The second-order valence-corrected chi connectivity index (χ2v) is 4.25. The summed E-state index contributed by atoms with van der Waals surface area (Å²) in [6.07, 6.45) is 9.59. The predicted octanol–water partition coefficient (Wildman–Crippen LogP) is 1.82. The van der Waals surface area contributed by atoms with E-state index >= 15 is 0 Å². The van der Waals surface area contributed by atoms with E-state index < -0.39 is 18.1 Å². The molecule has 1 unspecified atom stereocenters. The standard InChI is InChI=1S/C14H24N2O4/c1-2-3-4-5-8-11-20-14(19)16-10-7-6-9-12(15)13(17)18/h2-5,12H,6-11,15H2,1H3,(H,16,19)(H,17,18)/b3-2+,5-4+. The number of alkyl carbamates (subject to hydrolysis) is 1. The third kappa shape index (κ3) is 11.3. The Kier molecular flexibility index (Phi) is 11.1. The van der Waals surface area contributed by atoms with Crippen molar-refractivity contribution in [2.45, 2.75) is 38.6 Å². The Morgan fingerprint density at radius 3 is 2.75 bits per heavy atom. The number of carbonyl (C=O) groups excluding carboxylic acids is 1. The van der Waals surface area contributed by atoms with Crippen LogP contribution in [0.2, 0.25) is 0 Å². The molecule has 0 aromatic carbocycles. The fraction of sp³-hybridized carbons (Fsp3) is 0.571. The lowest BCUT2D eigenvalue weighted by Crippen LogP contribution is -2.30. The molecular formula is C14H24N2O4. The van der Waals surface area contributed by atoms with Crippen molar-refractivity contribution in [3.63, 3.8) is 0 Å². The van der Waals surface area contributed by atoms with Gasteiger partial charge in [0.15, 0.2) is 0 Å². The van der Waals surface area contributed by atoms with E-state index in [1.165, 1.54) is 0 Å². The van der Waals surface area contributed by atoms with Gasteiger partial charge in [-0.2, -0.15) is 0 Å². The molecule has 0 heterocycles. The SMILES string of the molecule is C/C=C/C=C/CCOC(=O)NCCCCC(N)C(=O)O. The Labute approximate surface area is 119 Å². The topological polar surface area (TPSA) is 102 Å². The van der Waals surface area contributed by atoms with E-state index in [1.807, 2.05) is 31.2 Å². The van der Waals surface area contributed by atoms with E-state index in [-0.39, 0.29) is 0 Å². The number of ether oxygens (including phenoxy) is 1. The van der Waals surface area contributed by atoms with Crippen LogP contribution < -0.4 is 11.1 Å². The molecule has 0 saturated heterocycles. The molecule has 0 spiro atoms. The van der Waals surface area contributed by atoms with Gasteiger partial charge in [0.1, 0.15) is 6.04 Å². The zero-order chi connectivity index (χ0) is 15.2. The molecule has 0 saturated carbocycles. The Bertz CT molecular complexity index is 340. The molecule has 0 aliphatic rings. The Hall–Kier alpha value is -1.82. The molecule has 0 aromatic rings. The van der Waals surface area contributed by atoms with Gasteiger partial charge >= 0.3 is 12.1 Å². The summed E-state index contributed by atoms with van der Waals surface area (Å²) < 4.78 is 4.94. The van der Waals surface area contributed by atoms with Crippen LogP contribution in [0.5, 0.6) is 0 Å². The minimum absolute atomic E-state index is 0.337. The summed E-state index contributed by atoms with van der Waals surface area (Å²) in [4.78, 5) is 21.7. The fourth-order valence-electron chi connectivity index (χ4n) is 1.36. The van der Waals surface area contributed by atoms with Gasteiger partial charge in [-0.1, -0.05) is 24.3 Å². The van der Waals surface area contributed by atoms with Gasteiger partial charge in [0.2, 0.25) is 0 Å².